The van der Waals surface area contributed by atoms with Gasteiger partial charge in [0.2, 0.25) is 0 Å². The Hall–Kier alpha value is -0.570. The molecule has 0 spiro atoms. The minimum Gasteiger partial charge on any atom is -0.391 e. The van der Waals surface area contributed by atoms with E-state index in [0.29, 0.717) is 6.42 Å². The van der Waals surface area contributed by atoms with E-state index in [2.05, 4.69) is 19.0 Å². The average Bonchev–Trinajstić information content (AvgIpc) is 2.42. The summed E-state index contributed by atoms with van der Waals surface area (Å²) in [7, 11) is 4.17. The van der Waals surface area contributed by atoms with E-state index in [1.54, 1.807) is 0 Å². The number of nitrogens with zero attached hydrogens (tertiary/aromatic N) is 1. The van der Waals surface area contributed by atoms with Crippen LogP contribution in [0.1, 0.15) is 37.7 Å². The summed E-state index contributed by atoms with van der Waals surface area (Å²) in [4.78, 5) is 2.22. The first-order valence-corrected chi connectivity index (χ1v) is 7.53. The van der Waals surface area contributed by atoms with Crippen LogP contribution in [0.15, 0.2) is 24.3 Å². The molecule has 0 amide bonds. The van der Waals surface area contributed by atoms with Crippen molar-refractivity contribution in [2.75, 3.05) is 14.1 Å². The molecule has 1 fully saturated rings. The van der Waals surface area contributed by atoms with Crippen LogP contribution in [0.2, 0.25) is 5.02 Å². The third-order valence-electron chi connectivity index (χ3n) is 4.60. The Morgan fingerprint density at radius 3 is 2.42 bits per heavy atom. The molecule has 1 atom stereocenters. The predicted molar refractivity (Wildman–Crippen MR) is 80.7 cm³/mol. The standard InChI is InChI=1S/C16H24ClNO/c1-18(2)16(10-6-3-7-11-16)15(19)12-13-8-4-5-9-14(13)17/h4-5,8-9,15,19H,3,6-7,10-12H2,1-2H3. The molecule has 0 aromatic heterocycles. The maximum Gasteiger partial charge on any atom is 0.0764 e. The van der Waals surface area contributed by atoms with Crippen LogP contribution in [-0.4, -0.2) is 35.7 Å². The monoisotopic (exact) mass is 281 g/mol. The van der Waals surface area contributed by atoms with Gasteiger partial charge in [0.25, 0.3) is 0 Å². The third-order valence-corrected chi connectivity index (χ3v) is 4.97. The highest BCUT2D eigenvalue weighted by Gasteiger charge is 2.40. The number of hydrogen-bond acceptors (Lipinski definition) is 2. The molecule has 1 aliphatic carbocycles. The van der Waals surface area contributed by atoms with Gasteiger partial charge in [-0.15, -0.1) is 0 Å². The first kappa shape index (κ1) is 14.8. The van der Waals surface area contributed by atoms with Gasteiger partial charge < -0.3 is 10.0 Å². The molecule has 0 bridgehead atoms. The molecule has 0 heterocycles. The van der Waals surface area contributed by atoms with Gasteiger partial charge in [-0.3, -0.25) is 0 Å². The van der Waals surface area contributed by atoms with Gasteiger partial charge in [0.1, 0.15) is 0 Å². The topological polar surface area (TPSA) is 23.5 Å². The number of hydrogen-bond donors (Lipinski definition) is 1. The van der Waals surface area contributed by atoms with Gasteiger partial charge in [0.05, 0.1) is 6.10 Å². The lowest BCUT2D eigenvalue weighted by Crippen LogP contribution is -2.55. The van der Waals surface area contributed by atoms with Crippen molar-refractivity contribution in [2.45, 2.75) is 50.2 Å². The van der Waals surface area contributed by atoms with Crippen LogP contribution in [-0.2, 0) is 6.42 Å². The van der Waals surface area contributed by atoms with Crippen LogP contribution in [0.25, 0.3) is 0 Å². The molecule has 0 radical (unpaired) electrons. The summed E-state index contributed by atoms with van der Waals surface area (Å²) in [5.74, 6) is 0. The fourth-order valence-corrected chi connectivity index (χ4v) is 3.52. The Morgan fingerprint density at radius 2 is 1.84 bits per heavy atom. The number of aliphatic hydroxyl groups excluding tert-OH is 1. The van der Waals surface area contributed by atoms with E-state index in [9.17, 15) is 5.11 Å². The lowest BCUT2D eigenvalue weighted by Gasteiger charge is -2.46. The van der Waals surface area contributed by atoms with E-state index < -0.39 is 0 Å². The first-order valence-electron chi connectivity index (χ1n) is 7.15. The SMILES string of the molecule is CN(C)C1(C(O)Cc2ccccc2Cl)CCCCC1. The number of benzene rings is 1. The minimum absolute atomic E-state index is 0.0859. The zero-order chi connectivity index (χ0) is 13.9. The molecule has 1 aromatic rings. The lowest BCUT2D eigenvalue weighted by atomic mass is 9.75. The summed E-state index contributed by atoms with van der Waals surface area (Å²) >= 11 is 6.21. The second-order valence-electron chi connectivity index (χ2n) is 5.87. The van der Waals surface area contributed by atoms with Crippen molar-refractivity contribution in [3.05, 3.63) is 34.9 Å². The quantitative estimate of drug-likeness (QED) is 0.913. The van der Waals surface area contributed by atoms with Crippen molar-refractivity contribution in [2.24, 2.45) is 0 Å². The highest BCUT2D eigenvalue weighted by atomic mass is 35.5. The molecule has 1 aromatic carbocycles. The Bertz CT molecular complexity index is 413. The molecule has 1 aliphatic rings. The Labute approximate surface area is 121 Å². The van der Waals surface area contributed by atoms with Gasteiger partial charge >= 0.3 is 0 Å². The Balaban J connectivity index is 2.16. The third kappa shape index (κ3) is 3.13. The van der Waals surface area contributed by atoms with Gasteiger partial charge in [-0.1, -0.05) is 49.1 Å². The van der Waals surface area contributed by atoms with Crippen LogP contribution in [0, 0.1) is 0 Å². The highest BCUT2D eigenvalue weighted by molar-refractivity contribution is 6.31. The van der Waals surface area contributed by atoms with E-state index >= 15 is 0 Å². The largest absolute Gasteiger partial charge is 0.391 e. The first-order chi connectivity index (χ1) is 9.06. The van der Waals surface area contributed by atoms with Gasteiger partial charge in [0.15, 0.2) is 0 Å². The van der Waals surface area contributed by atoms with Crippen molar-refractivity contribution >= 4 is 11.6 Å². The van der Waals surface area contributed by atoms with Crippen LogP contribution < -0.4 is 0 Å². The van der Waals surface area contributed by atoms with Crippen LogP contribution in [0.5, 0.6) is 0 Å². The minimum atomic E-state index is -0.359. The van der Waals surface area contributed by atoms with Crippen molar-refractivity contribution in [3.63, 3.8) is 0 Å². The fraction of sp³-hybridized carbons (Fsp3) is 0.625. The molecule has 106 valence electrons. The Morgan fingerprint density at radius 1 is 1.21 bits per heavy atom. The van der Waals surface area contributed by atoms with Crippen molar-refractivity contribution in [1.29, 1.82) is 0 Å². The molecule has 3 heteroatoms. The van der Waals surface area contributed by atoms with Crippen LogP contribution >= 0.6 is 11.6 Å². The number of likely N-dealkylation sites (N-methyl/N-ethyl adjacent to an activating group) is 1. The molecule has 0 aliphatic heterocycles. The molecule has 1 saturated carbocycles. The number of rotatable bonds is 4. The smallest absolute Gasteiger partial charge is 0.0764 e. The molecule has 2 rings (SSSR count). The molecule has 19 heavy (non-hydrogen) atoms. The summed E-state index contributed by atoms with van der Waals surface area (Å²) in [6.45, 7) is 0. The predicted octanol–water partition coefficient (Wildman–Crippen LogP) is 3.51. The van der Waals surface area contributed by atoms with E-state index in [0.717, 1.165) is 23.4 Å². The highest BCUT2D eigenvalue weighted by Crippen LogP contribution is 2.36. The number of aliphatic hydroxyl groups is 1. The summed E-state index contributed by atoms with van der Waals surface area (Å²) < 4.78 is 0. The van der Waals surface area contributed by atoms with Gasteiger partial charge in [-0.2, -0.15) is 0 Å². The molecular formula is C16H24ClNO. The van der Waals surface area contributed by atoms with E-state index in [1.165, 1.54) is 19.3 Å². The molecular weight excluding hydrogens is 258 g/mol. The van der Waals surface area contributed by atoms with Crippen LogP contribution in [0.4, 0.5) is 0 Å². The molecule has 0 saturated heterocycles. The van der Waals surface area contributed by atoms with Crippen LogP contribution in [0.3, 0.4) is 0 Å². The maximum atomic E-state index is 10.8. The van der Waals surface area contributed by atoms with Gasteiger partial charge in [0, 0.05) is 17.0 Å². The zero-order valence-electron chi connectivity index (χ0n) is 11.9. The summed E-state index contributed by atoms with van der Waals surface area (Å²) in [6, 6.07) is 7.82. The second kappa shape index (κ2) is 6.25. The molecule has 2 nitrogen and oxygen atoms in total. The second-order valence-corrected chi connectivity index (χ2v) is 6.28. The average molecular weight is 282 g/mol. The van der Waals surface area contributed by atoms with Crippen molar-refractivity contribution in [3.8, 4) is 0 Å². The van der Waals surface area contributed by atoms with Crippen molar-refractivity contribution in [1.82, 2.24) is 4.90 Å². The lowest BCUT2D eigenvalue weighted by molar-refractivity contribution is -0.0310. The Kier molecular flexibility index (Phi) is 4.88. The summed E-state index contributed by atoms with van der Waals surface area (Å²) in [5.41, 5.74) is 0.959. The van der Waals surface area contributed by atoms with Gasteiger partial charge in [-0.25, -0.2) is 0 Å². The zero-order valence-corrected chi connectivity index (χ0v) is 12.7. The molecule has 1 N–H and O–H groups in total. The molecule has 1 unspecified atom stereocenters. The summed E-state index contributed by atoms with van der Waals surface area (Å²) in [6.07, 6.45) is 6.13. The van der Waals surface area contributed by atoms with E-state index in [-0.39, 0.29) is 11.6 Å². The maximum absolute atomic E-state index is 10.8. The summed E-state index contributed by atoms with van der Waals surface area (Å²) in [5, 5.41) is 11.5. The number of halogens is 1. The normalized spacial score (nSPS) is 20.5. The van der Waals surface area contributed by atoms with E-state index in [1.807, 2.05) is 24.3 Å². The van der Waals surface area contributed by atoms with Gasteiger partial charge in [-0.05, 0) is 38.6 Å². The van der Waals surface area contributed by atoms with E-state index in [4.69, 9.17) is 11.6 Å². The fourth-order valence-electron chi connectivity index (χ4n) is 3.30. The van der Waals surface area contributed by atoms with Crippen molar-refractivity contribution < 1.29 is 5.11 Å².